The van der Waals surface area contributed by atoms with Gasteiger partial charge in [0.05, 0.1) is 28.5 Å². The van der Waals surface area contributed by atoms with Crippen molar-refractivity contribution >= 4 is 28.5 Å². The van der Waals surface area contributed by atoms with Gasteiger partial charge in [-0.25, -0.2) is 4.98 Å². The van der Waals surface area contributed by atoms with Gasteiger partial charge >= 0.3 is 0 Å². The summed E-state index contributed by atoms with van der Waals surface area (Å²) in [6, 6.07) is 7.30. The average Bonchev–Trinajstić information content (AvgIpc) is 2.83. The van der Waals surface area contributed by atoms with Crippen molar-refractivity contribution in [1.82, 2.24) is 14.5 Å². The highest BCUT2D eigenvalue weighted by molar-refractivity contribution is 6.16. The van der Waals surface area contributed by atoms with Gasteiger partial charge in [-0.05, 0) is 25.1 Å². The molecule has 0 unspecified atom stereocenters. The highest BCUT2D eigenvalue weighted by atomic mass is 35.5. The Labute approximate surface area is 122 Å². The molecule has 6 heteroatoms. The Hall–Kier alpha value is -2.06. The minimum absolute atomic E-state index is 0.0134. The van der Waals surface area contributed by atoms with Crippen LogP contribution in [-0.4, -0.2) is 34.0 Å². The SMILES string of the molecule is CCN(C)C(=O)Cn1c(CCl)nc2ccc(C#N)cc21. The maximum atomic E-state index is 12.1. The third-order valence-electron chi connectivity index (χ3n) is 3.27. The molecule has 0 atom stereocenters. The van der Waals surface area contributed by atoms with E-state index in [0.717, 1.165) is 11.0 Å². The number of benzene rings is 1. The van der Waals surface area contributed by atoms with Crippen molar-refractivity contribution in [2.45, 2.75) is 19.3 Å². The number of hydrogen-bond donors (Lipinski definition) is 0. The number of nitriles is 1. The molecule has 104 valence electrons. The van der Waals surface area contributed by atoms with Crippen molar-refractivity contribution in [3.63, 3.8) is 0 Å². The number of carbonyl (C=O) groups is 1. The monoisotopic (exact) mass is 290 g/mol. The molecular formula is C14H15ClN4O. The molecule has 0 N–H and O–H groups in total. The summed E-state index contributed by atoms with van der Waals surface area (Å²) < 4.78 is 1.78. The van der Waals surface area contributed by atoms with Crippen LogP contribution in [0.25, 0.3) is 11.0 Å². The molecule has 0 bridgehead atoms. The zero-order valence-corrected chi connectivity index (χ0v) is 12.2. The average molecular weight is 291 g/mol. The number of halogens is 1. The van der Waals surface area contributed by atoms with Crippen molar-refractivity contribution in [3.8, 4) is 6.07 Å². The third kappa shape index (κ3) is 2.61. The summed E-state index contributed by atoms with van der Waals surface area (Å²) in [5.41, 5.74) is 2.04. The van der Waals surface area contributed by atoms with Crippen LogP contribution in [0.15, 0.2) is 18.2 Å². The predicted octanol–water partition coefficient (Wildman–Crippen LogP) is 2.13. The number of amides is 1. The summed E-state index contributed by atoms with van der Waals surface area (Å²) >= 11 is 5.90. The molecule has 0 aliphatic heterocycles. The van der Waals surface area contributed by atoms with E-state index in [1.807, 2.05) is 6.92 Å². The molecule has 0 aliphatic rings. The van der Waals surface area contributed by atoms with E-state index in [0.29, 0.717) is 17.9 Å². The van der Waals surface area contributed by atoms with Gasteiger partial charge in [-0.3, -0.25) is 4.79 Å². The van der Waals surface area contributed by atoms with Gasteiger partial charge in [-0.1, -0.05) is 0 Å². The van der Waals surface area contributed by atoms with Gasteiger partial charge in [0.2, 0.25) is 5.91 Å². The Morgan fingerprint density at radius 1 is 1.55 bits per heavy atom. The van der Waals surface area contributed by atoms with Gasteiger partial charge < -0.3 is 9.47 Å². The normalized spacial score (nSPS) is 10.5. The number of likely N-dealkylation sites (N-methyl/N-ethyl adjacent to an activating group) is 1. The lowest BCUT2D eigenvalue weighted by Crippen LogP contribution is -2.30. The van der Waals surface area contributed by atoms with Crippen LogP contribution in [0.3, 0.4) is 0 Å². The lowest BCUT2D eigenvalue weighted by atomic mass is 10.2. The van der Waals surface area contributed by atoms with Gasteiger partial charge in [-0.2, -0.15) is 5.26 Å². The third-order valence-corrected chi connectivity index (χ3v) is 3.51. The predicted molar refractivity (Wildman–Crippen MR) is 77.3 cm³/mol. The van der Waals surface area contributed by atoms with E-state index in [9.17, 15) is 4.79 Å². The number of aromatic nitrogens is 2. The summed E-state index contributed by atoms with van der Waals surface area (Å²) in [7, 11) is 1.75. The fourth-order valence-electron chi connectivity index (χ4n) is 1.95. The zero-order valence-electron chi connectivity index (χ0n) is 11.4. The van der Waals surface area contributed by atoms with Crippen LogP contribution in [0, 0.1) is 11.3 Å². The molecule has 0 aliphatic carbocycles. The maximum absolute atomic E-state index is 12.1. The van der Waals surface area contributed by atoms with Gasteiger partial charge in [0.15, 0.2) is 0 Å². The highest BCUT2D eigenvalue weighted by Gasteiger charge is 2.15. The zero-order chi connectivity index (χ0) is 14.7. The van der Waals surface area contributed by atoms with Crippen LogP contribution in [0.4, 0.5) is 0 Å². The van der Waals surface area contributed by atoms with Crippen LogP contribution in [0.1, 0.15) is 18.3 Å². The highest BCUT2D eigenvalue weighted by Crippen LogP contribution is 2.19. The van der Waals surface area contributed by atoms with Crippen molar-refractivity contribution in [2.75, 3.05) is 13.6 Å². The molecule has 1 amide bonds. The molecular weight excluding hydrogens is 276 g/mol. The van der Waals surface area contributed by atoms with E-state index in [2.05, 4.69) is 11.1 Å². The minimum Gasteiger partial charge on any atom is -0.344 e. The summed E-state index contributed by atoms with van der Waals surface area (Å²) in [5.74, 6) is 0.842. The quantitative estimate of drug-likeness (QED) is 0.810. The van der Waals surface area contributed by atoms with Gasteiger partial charge in [0.25, 0.3) is 0 Å². The number of fused-ring (bicyclic) bond motifs is 1. The summed E-state index contributed by atoms with van der Waals surface area (Å²) in [6.45, 7) is 2.74. The number of nitrogens with zero attached hydrogens (tertiary/aromatic N) is 4. The first-order valence-electron chi connectivity index (χ1n) is 6.29. The Morgan fingerprint density at radius 2 is 2.30 bits per heavy atom. The fourth-order valence-corrected chi connectivity index (χ4v) is 2.16. The second-order valence-electron chi connectivity index (χ2n) is 4.47. The molecule has 0 saturated heterocycles. The first-order chi connectivity index (χ1) is 9.60. The number of imidazole rings is 1. The van der Waals surface area contributed by atoms with E-state index in [-0.39, 0.29) is 18.3 Å². The molecule has 5 nitrogen and oxygen atoms in total. The number of rotatable bonds is 4. The molecule has 0 radical (unpaired) electrons. The van der Waals surface area contributed by atoms with Crippen LogP contribution >= 0.6 is 11.6 Å². The first-order valence-corrected chi connectivity index (χ1v) is 6.83. The van der Waals surface area contributed by atoms with Crippen LogP contribution in [0.5, 0.6) is 0 Å². The van der Waals surface area contributed by atoms with E-state index in [4.69, 9.17) is 16.9 Å². The molecule has 1 heterocycles. The van der Waals surface area contributed by atoms with Crippen molar-refractivity contribution in [2.24, 2.45) is 0 Å². The fraction of sp³-hybridized carbons (Fsp3) is 0.357. The Bertz CT molecular complexity index is 686. The molecule has 1 aromatic heterocycles. The van der Waals surface area contributed by atoms with Crippen LogP contribution in [-0.2, 0) is 17.2 Å². The number of alkyl halides is 1. The van der Waals surface area contributed by atoms with Gasteiger partial charge in [-0.15, -0.1) is 11.6 Å². The van der Waals surface area contributed by atoms with E-state index in [1.165, 1.54) is 0 Å². The Balaban J connectivity index is 2.49. The Kier molecular flexibility index (Phi) is 4.26. The molecule has 2 aromatic rings. The van der Waals surface area contributed by atoms with Crippen molar-refractivity contribution in [3.05, 3.63) is 29.6 Å². The minimum atomic E-state index is -0.0134. The Morgan fingerprint density at radius 3 is 2.90 bits per heavy atom. The smallest absolute Gasteiger partial charge is 0.242 e. The molecule has 0 spiro atoms. The second kappa shape index (κ2) is 5.93. The molecule has 1 aromatic carbocycles. The van der Waals surface area contributed by atoms with E-state index >= 15 is 0 Å². The maximum Gasteiger partial charge on any atom is 0.242 e. The number of hydrogen-bond acceptors (Lipinski definition) is 3. The lowest BCUT2D eigenvalue weighted by Gasteiger charge is -2.16. The molecule has 0 saturated carbocycles. The van der Waals surface area contributed by atoms with Gasteiger partial charge in [0.1, 0.15) is 12.4 Å². The van der Waals surface area contributed by atoms with E-state index < -0.39 is 0 Å². The van der Waals surface area contributed by atoms with Crippen molar-refractivity contribution < 1.29 is 4.79 Å². The molecule has 20 heavy (non-hydrogen) atoms. The van der Waals surface area contributed by atoms with E-state index in [1.54, 1.807) is 34.7 Å². The first kappa shape index (κ1) is 14.4. The summed E-state index contributed by atoms with van der Waals surface area (Å²) in [5, 5.41) is 8.98. The summed E-state index contributed by atoms with van der Waals surface area (Å²) in [4.78, 5) is 18.1. The largest absolute Gasteiger partial charge is 0.344 e. The van der Waals surface area contributed by atoms with Crippen LogP contribution in [0.2, 0.25) is 0 Å². The molecule has 2 rings (SSSR count). The van der Waals surface area contributed by atoms with Gasteiger partial charge in [0, 0.05) is 13.6 Å². The summed E-state index contributed by atoms with van der Waals surface area (Å²) in [6.07, 6.45) is 0. The van der Waals surface area contributed by atoms with Crippen molar-refractivity contribution in [1.29, 1.82) is 5.26 Å². The standard InChI is InChI=1S/C14H15ClN4O/c1-3-18(2)14(20)9-19-12-6-10(8-16)4-5-11(12)17-13(19)7-15/h4-6H,3,7,9H2,1-2H3. The lowest BCUT2D eigenvalue weighted by molar-refractivity contribution is -0.130. The number of carbonyl (C=O) groups excluding carboxylic acids is 1. The topological polar surface area (TPSA) is 61.9 Å². The van der Waals surface area contributed by atoms with Crippen LogP contribution < -0.4 is 0 Å². The molecule has 0 fully saturated rings. The second-order valence-corrected chi connectivity index (χ2v) is 4.74.